The number of piperidine rings is 1. The van der Waals surface area contributed by atoms with Gasteiger partial charge in [0.1, 0.15) is 35.0 Å². The summed E-state index contributed by atoms with van der Waals surface area (Å²) in [6.07, 6.45) is 9.91. The zero-order valence-corrected chi connectivity index (χ0v) is 60.0. The molecule has 9 aromatic rings. The molecule has 528 valence electrons. The van der Waals surface area contributed by atoms with Crippen LogP contribution in [0.5, 0.6) is 0 Å². The quantitative estimate of drug-likeness (QED) is 0.0351. The maximum absolute atomic E-state index is 12.9. The second kappa shape index (κ2) is 37.8. The third-order valence-corrected chi connectivity index (χ3v) is 17.9. The number of halogens is 6. The Kier molecular flexibility index (Phi) is 29.5. The molecule has 0 spiro atoms. The number of carbonyl (C=O) groups is 6. The summed E-state index contributed by atoms with van der Waals surface area (Å²) >= 11 is 27.7. The average Bonchev–Trinajstić information content (AvgIpc) is 0.969. The van der Waals surface area contributed by atoms with Crippen molar-refractivity contribution in [2.24, 2.45) is 4.99 Å². The van der Waals surface area contributed by atoms with Crippen molar-refractivity contribution in [3.8, 4) is 0 Å². The maximum Gasteiger partial charge on any atom is 0.258 e. The van der Waals surface area contributed by atoms with Crippen LogP contribution in [0, 0.1) is 10.8 Å². The molecule has 3 aromatic heterocycles. The first-order valence-corrected chi connectivity index (χ1v) is 34.6. The standard InChI is InChI=1S/C25H23BrClN5O2.C24H21BrClN5O2.C23H19BrClN5O2.3CH4/c26-18-8-10-21(20(14-18)25(34)31-22-11-9-19(27)15-29-22)30-24(33)17-6-4-16(5-7-17)23(28)32-12-2-1-3-13-32;25-17-7-9-20(19(13-17)24(33)30-21-10-8-18(26)14-28-21)29-23(32)16-5-3-15(4-6-16)22(27)31-11-1-2-12-31;1-30-11-10-26-21(30)14-2-4-15(5-3-14)22(31)28-19-8-6-16(24)12-18(19)23(32)29-20-9-7-17(25)13-27-20;;;/h4-11,14-15,28H,1-3,12-13H2,(H,30,33)(H,29,31,34);3-10,13-14,27H,1-2,11-12H2,(H,29,32)(H,28,30,33);2-9,12-13H,10-11H2,1H3,(H,28,31)(H,27,29,32);3*1H4. The largest absolute Gasteiger partial charge is 0.358 e. The summed E-state index contributed by atoms with van der Waals surface area (Å²) in [5.41, 5.74) is 5.81. The number of benzene rings is 6. The number of hydrogen-bond acceptors (Lipinski definition) is 13. The molecule has 6 amide bonds. The van der Waals surface area contributed by atoms with Crippen LogP contribution in [0.25, 0.3) is 0 Å². The number of likely N-dealkylation sites (tertiary alicyclic amines) is 2. The molecule has 6 aromatic carbocycles. The number of aliphatic imine (C=N–C) groups is 1. The Balaban J connectivity index is 0.000000211. The maximum atomic E-state index is 12.9. The Hall–Kier alpha value is -9.69. The molecule has 0 bridgehead atoms. The van der Waals surface area contributed by atoms with Gasteiger partial charge in [0.2, 0.25) is 0 Å². The summed E-state index contributed by atoms with van der Waals surface area (Å²) < 4.78 is 2.09. The van der Waals surface area contributed by atoms with E-state index in [-0.39, 0.29) is 51.1 Å². The number of anilines is 6. The third-order valence-electron chi connectivity index (χ3n) is 15.7. The molecular formula is C75H75Br3Cl3N15O6. The molecule has 27 heteroatoms. The highest BCUT2D eigenvalue weighted by atomic mass is 79.9. The fourth-order valence-electron chi connectivity index (χ4n) is 10.5. The van der Waals surface area contributed by atoms with Crippen LogP contribution in [0.4, 0.5) is 34.5 Å². The van der Waals surface area contributed by atoms with Gasteiger partial charge in [0.15, 0.2) is 0 Å². The van der Waals surface area contributed by atoms with Gasteiger partial charge in [0.05, 0.1) is 55.4 Å². The average molecular weight is 1630 g/mol. The van der Waals surface area contributed by atoms with Crippen molar-refractivity contribution >= 4 is 170 Å². The van der Waals surface area contributed by atoms with Crippen molar-refractivity contribution in [1.29, 1.82) is 10.8 Å². The lowest BCUT2D eigenvalue weighted by molar-refractivity contribution is 0.101. The van der Waals surface area contributed by atoms with E-state index in [0.717, 1.165) is 87.5 Å². The van der Waals surface area contributed by atoms with Crippen LogP contribution in [0.3, 0.4) is 0 Å². The van der Waals surface area contributed by atoms with E-state index in [0.29, 0.717) is 96.9 Å². The smallest absolute Gasteiger partial charge is 0.258 e. The van der Waals surface area contributed by atoms with Crippen LogP contribution in [-0.4, -0.2) is 129 Å². The van der Waals surface area contributed by atoms with Crippen LogP contribution >= 0.6 is 82.6 Å². The Morgan fingerprint density at radius 2 is 0.686 bits per heavy atom. The highest BCUT2D eigenvalue weighted by Gasteiger charge is 2.23. The summed E-state index contributed by atoms with van der Waals surface area (Å²) in [5.74, 6) is 0.646. The lowest BCUT2D eigenvalue weighted by Crippen LogP contribution is -2.35. The normalized spacial score (nSPS) is 12.7. The summed E-state index contributed by atoms with van der Waals surface area (Å²) in [6, 6.07) is 45.9. The number of pyridine rings is 3. The number of amidine groups is 3. The molecule has 8 N–H and O–H groups in total. The molecule has 2 fully saturated rings. The van der Waals surface area contributed by atoms with E-state index in [2.05, 4.69) is 109 Å². The van der Waals surface area contributed by atoms with E-state index < -0.39 is 17.7 Å². The van der Waals surface area contributed by atoms with Gasteiger partial charge in [-0.2, -0.15) is 0 Å². The number of carbonyl (C=O) groups excluding carboxylic acids is 6. The minimum atomic E-state index is -0.421. The van der Waals surface area contributed by atoms with Crippen molar-refractivity contribution in [3.05, 3.63) is 261 Å². The fourth-order valence-corrected chi connectivity index (χ4v) is 11.9. The summed E-state index contributed by atoms with van der Waals surface area (Å²) in [6.45, 7) is 5.22. The summed E-state index contributed by atoms with van der Waals surface area (Å²) in [5, 5.41) is 34.8. The van der Waals surface area contributed by atoms with E-state index in [1.807, 2.05) is 24.1 Å². The number of hydrogen-bond donors (Lipinski definition) is 8. The minimum Gasteiger partial charge on any atom is -0.358 e. The summed E-state index contributed by atoms with van der Waals surface area (Å²) in [4.78, 5) is 100. The fraction of sp³-hybridized carbons (Fsp3) is 0.200. The van der Waals surface area contributed by atoms with Crippen LogP contribution in [0.15, 0.2) is 201 Å². The molecule has 2 saturated heterocycles. The predicted molar refractivity (Wildman–Crippen MR) is 421 cm³/mol. The molecule has 21 nitrogen and oxygen atoms in total. The number of rotatable bonds is 15. The molecule has 0 atom stereocenters. The van der Waals surface area contributed by atoms with Gasteiger partial charge in [0, 0.05) is 105 Å². The van der Waals surface area contributed by atoms with E-state index in [1.165, 1.54) is 25.0 Å². The number of amides is 6. The van der Waals surface area contributed by atoms with Crippen LogP contribution in [0.1, 0.15) is 133 Å². The molecule has 0 aliphatic carbocycles. The van der Waals surface area contributed by atoms with Gasteiger partial charge in [-0.3, -0.25) is 44.6 Å². The summed E-state index contributed by atoms with van der Waals surface area (Å²) in [7, 11) is 1.99. The van der Waals surface area contributed by atoms with Crippen LogP contribution in [-0.2, 0) is 0 Å². The molecule has 0 saturated carbocycles. The Bertz CT molecular complexity index is 4510. The van der Waals surface area contributed by atoms with E-state index in [9.17, 15) is 28.8 Å². The van der Waals surface area contributed by atoms with E-state index in [4.69, 9.17) is 45.6 Å². The lowest BCUT2D eigenvalue weighted by atomic mass is 10.1. The lowest BCUT2D eigenvalue weighted by Gasteiger charge is -2.29. The number of nitrogens with zero attached hydrogens (tertiary/aromatic N) is 7. The second-order valence-electron chi connectivity index (χ2n) is 22.7. The molecule has 6 heterocycles. The Labute approximate surface area is 633 Å². The van der Waals surface area contributed by atoms with E-state index in [1.54, 1.807) is 152 Å². The van der Waals surface area contributed by atoms with Gasteiger partial charge in [-0.1, -0.05) is 141 Å². The first-order chi connectivity index (χ1) is 47.7. The van der Waals surface area contributed by atoms with Gasteiger partial charge >= 0.3 is 0 Å². The SMILES string of the molecule is C.C.C.CN1CCN=C1c1ccc(C(=O)Nc2ccc(Br)cc2C(=O)Nc2ccc(Cl)cn2)cc1.N=C(c1ccc(C(=O)Nc2ccc(Br)cc2C(=O)Nc2ccc(Cl)cn2)cc1)N1CCCC1.N=C(c1ccc(C(=O)Nc2ccc(Br)cc2C(=O)Nc2ccc(Cl)cn2)cc1)N1CCCCC1. The minimum absolute atomic E-state index is 0. The molecule has 102 heavy (non-hydrogen) atoms. The van der Waals surface area contributed by atoms with Gasteiger partial charge in [-0.15, -0.1) is 0 Å². The molecule has 0 radical (unpaired) electrons. The number of likely N-dealkylation sites (N-methyl/N-ethyl adjacent to an activating group) is 1. The molecule has 12 rings (SSSR count). The second-order valence-corrected chi connectivity index (χ2v) is 26.7. The van der Waals surface area contributed by atoms with Crippen LogP contribution < -0.4 is 31.9 Å². The third kappa shape index (κ3) is 21.7. The van der Waals surface area contributed by atoms with Crippen molar-refractivity contribution in [2.75, 3.05) is 78.2 Å². The van der Waals surface area contributed by atoms with Gasteiger partial charge in [-0.05, 0) is 159 Å². The highest BCUT2D eigenvalue weighted by Crippen LogP contribution is 2.28. The topological polar surface area (TPSA) is 283 Å². The Morgan fingerprint density at radius 1 is 0.382 bits per heavy atom. The zero-order valence-electron chi connectivity index (χ0n) is 52.9. The Morgan fingerprint density at radius 3 is 0.980 bits per heavy atom. The van der Waals surface area contributed by atoms with E-state index >= 15 is 0 Å². The van der Waals surface area contributed by atoms with Crippen molar-refractivity contribution in [2.45, 2.75) is 54.4 Å². The van der Waals surface area contributed by atoms with Crippen molar-refractivity contribution in [3.63, 3.8) is 0 Å². The first-order valence-electron chi connectivity index (χ1n) is 31.1. The predicted octanol–water partition coefficient (Wildman–Crippen LogP) is 17.8. The van der Waals surface area contributed by atoms with Gasteiger partial charge in [0.25, 0.3) is 35.4 Å². The van der Waals surface area contributed by atoms with Crippen molar-refractivity contribution in [1.82, 2.24) is 29.7 Å². The molecule has 0 unspecified atom stereocenters. The first kappa shape index (κ1) is 79.6. The molecule has 3 aliphatic heterocycles. The monoisotopic (exact) mass is 1620 g/mol. The van der Waals surface area contributed by atoms with Crippen molar-refractivity contribution < 1.29 is 28.8 Å². The molecular weight excluding hydrogens is 1550 g/mol. The van der Waals surface area contributed by atoms with Gasteiger partial charge < -0.3 is 46.6 Å². The van der Waals surface area contributed by atoms with Gasteiger partial charge in [-0.25, -0.2) is 15.0 Å². The van der Waals surface area contributed by atoms with Crippen LogP contribution in [0.2, 0.25) is 15.1 Å². The zero-order chi connectivity index (χ0) is 70.1. The molecule has 3 aliphatic rings. The highest BCUT2D eigenvalue weighted by molar-refractivity contribution is 9.11. The number of aromatic nitrogens is 3. The number of nitrogens with one attached hydrogen (secondary N) is 8.